The van der Waals surface area contributed by atoms with Crippen LogP contribution < -0.4 is 10.6 Å². The van der Waals surface area contributed by atoms with Crippen LogP contribution in [0.2, 0.25) is 0 Å². The number of rotatable bonds is 6. The molecule has 19 heavy (non-hydrogen) atoms. The topological polar surface area (TPSA) is 95.6 Å². The van der Waals surface area contributed by atoms with E-state index >= 15 is 0 Å². The quantitative estimate of drug-likeness (QED) is 0.661. The highest BCUT2D eigenvalue weighted by Gasteiger charge is 2.07. The molecule has 0 aromatic carbocycles. The number of hydrogen-bond acceptors (Lipinski definition) is 5. The molecular formula is C12H16N6O. The molecule has 0 aliphatic heterocycles. The Kier molecular flexibility index (Phi) is 4.44. The van der Waals surface area contributed by atoms with Gasteiger partial charge in [-0.1, -0.05) is 0 Å². The minimum Gasteiger partial charge on any atom is -0.372 e. The van der Waals surface area contributed by atoms with Crippen molar-refractivity contribution in [1.29, 1.82) is 0 Å². The van der Waals surface area contributed by atoms with Crippen LogP contribution in [0.4, 0.5) is 5.82 Å². The molecule has 0 radical (unpaired) electrons. The number of carbonyl (C=O) groups excluding carboxylic acids is 1. The maximum atomic E-state index is 11.7. The van der Waals surface area contributed by atoms with Crippen LogP contribution in [0.25, 0.3) is 0 Å². The second-order valence-electron chi connectivity index (χ2n) is 3.95. The van der Waals surface area contributed by atoms with Crippen molar-refractivity contribution < 1.29 is 4.79 Å². The average molecular weight is 260 g/mol. The van der Waals surface area contributed by atoms with E-state index in [1.165, 1.54) is 0 Å². The highest BCUT2D eigenvalue weighted by Crippen LogP contribution is 2.00. The molecule has 0 saturated heterocycles. The van der Waals surface area contributed by atoms with Gasteiger partial charge >= 0.3 is 0 Å². The number of nitrogens with zero attached hydrogens (tertiary/aromatic N) is 3. The van der Waals surface area contributed by atoms with Crippen molar-refractivity contribution >= 4 is 11.7 Å². The summed E-state index contributed by atoms with van der Waals surface area (Å²) >= 11 is 0. The predicted octanol–water partition coefficient (Wildman–Crippen LogP) is 0.604. The van der Waals surface area contributed by atoms with Gasteiger partial charge in [-0.05, 0) is 18.6 Å². The number of carbonyl (C=O) groups is 1. The molecule has 2 heterocycles. The lowest BCUT2D eigenvalue weighted by Crippen LogP contribution is -2.26. The van der Waals surface area contributed by atoms with Crippen LogP contribution in [0.15, 0.2) is 24.5 Å². The van der Waals surface area contributed by atoms with E-state index in [4.69, 9.17) is 0 Å². The molecule has 2 aromatic heterocycles. The zero-order chi connectivity index (χ0) is 13.5. The molecule has 0 saturated carbocycles. The van der Waals surface area contributed by atoms with Crippen molar-refractivity contribution in [2.45, 2.75) is 12.8 Å². The number of aromatic amines is 1. The third-order valence-corrected chi connectivity index (χ3v) is 2.58. The number of imidazole rings is 1. The Balaban J connectivity index is 1.74. The van der Waals surface area contributed by atoms with Gasteiger partial charge in [0.05, 0.1) is 0 Å². The number of amides is 1. The van der Waals surface area contributed by atoms with Crippen molar-refractivity contribution in [1.82, 2.24) is 25.5 Å². The number of nitrogens with one attached hydrogen (secondary N) is 3. The molecule has 0 aliphatic rings. The first-order valence-corrected chi connectivity index (χ1v) is 6.07. The maximum Gasteiger partial charge on any atom is 0.271 e. The van der Waals surface area contributed by atoms with Crippen LogP contribution in [0.5, 0.6) is 0 Å². The number of anilines is 1. The van der Waals surface area contributed by atoms with E-state index in [0.29, 0.717) is 18.1 Å². The van der Waals surface area contributed by atoms with E-state index in [0.717, 1.165) is 18.7 Å². The molecule has 0 spiro atoms. The lowest BCUT2D eigenvalue weighted by Gasteiger charge is -2.04. The van der Waals surface area contributed by atoms with Crippen molar-refractivity contribution in [2.24, 2.45) is 0 Å². The van der Waals surface area contributed by atoms with Crippen LogP contribution in [0.3, 0.4) is 0 Å². The fraction of sp³-hybridized carbons (Fsp3) is 0.333. The van der Waals surface area contributed by atoms with Crippen molar-refractivity contribution in [3.05, 3.63) is 36.0 Å². The zero-order valence-electron chi connectivity index (χ0n) is 10.7. The van der Waals surface area contributed by atoms with E-state index in [1.54, 1.807) is 31.6 Å². The molecular weight excluding hydrogens is 244 g/mol. The van der Waals surface area contributed by atoms with Crippen LogP contribution in [0, 0.1) is 0 Å². The molecule has 0 unspecified atom stereocenters. The lowest BCUT2D eigenvalue weighted by atomic mass is 10.3. The summed E-state index contributed by atoms with van der Waals surface area (Å²) in [6.07, 6.45) is 5.12. The zero-order valence-corrected chi connectivity index (χ0v) is 10.7. The van der Waals surface area contributed by atoms with Gasteiger partial charge < -0.3 is 15.6 Å². The van der Waals surface area contributed by atoms with Gasteiger partial charge in [0.1, 0.15) is 11.6 Å². The summed E-state index contributed by atoms with van der Waals surface area (Å²) in [7, 11) is 1.75. The van der Waals surface area contributed by atoms with Gasteiger partial charge in [0.2, 0.25) is 0 Å². The van der Waals surface area contributed by atoms with Crippen molar-refractivity contribution in [3.8, 4) is 0 Å². The summed E-state index contributed by atoms with van der Waals surface area (Å²) in [6, 6.07) is 3.35. The number of H-pyrrole nitrogens is 1. The molecule has 1 amide bonds. The van der Waals surface area contributed by atoms with Crippen molar-refractivity contribution in [3.63, 3.8) is 0 Å². The Bertz CT molecular complexity index is 508. The van der Waals surface area contributed by atoms with Gasteiger partial charge in [-0.25, -0.2) is 4.98 Å². The van der Waals surface area contributed by atoms with Gasteiger partial charge in [0.15, 0.2) is 5.69 Å². The fourth-order valence-electron chi connectivity index (χ4n) is 1.57. The molecule has 100 valence electrons. The molecule has 2 aromatic rings. The van der Waals surface area contributed by atoms with Gasteiger partial charge in [0.25, 0.3) is 5.91 Å². The van der Waals surface area contributed by atoms with Gasteiger partial charge in [0, 0.05) is 32.4 Å². The first-order valence-electron chi connectivity index (χ1n) is 6.07. The van der Waals surface area contributed by atoms with E-state index in [1.807, 2.05) is 0 Å². The second kappa shape index (κ2) is 6.48. The number of aromatic nitrogens is 4. The Morgan fingerprint density at radius 1 is 1.37 bits per heavy atom. The van der Waals surface area contributed by atoms with E-state index in [2.05, 4.69) is 30.8 Å². The normalized spacial score (nSPS) is 10.2. The highest BCUT2D eigenvalue weighted by atomic mass is 16.1. The standard InChI is InChI=1S/C12H16N6O/c1-13-10-5-4-9(17-18-10)12(19)16-6-2-3-11-14-7-8-15-11/h4-5,7-8H,2-3,6H2,1H3,(H,13,18)(H,14,15)(H,16,19). The first kappa shape index (κ1) is 13.0. The summed E-state index contributed by atoms with van der Waals surface area (Å²) in [4.78, 5) is 18.9. The number of aryl methyl sites for hydroxylation is 1. The fourth-order valence-corrected chi connectivity index (χ4v) is 1.57. The van der Waals surface area contributed by atoms with Gasteiger partial charge in [-0.3, -0.25) is 4.79 Å². The molecule has 0 aliphatic carbocycles. The van der Waals surface area contributed by atoms with Crippen LogP contribution >= 0.6 is 0 Å². The first-order chi connectivity index (χ1) is 9.29. The molecule has 7 nitrogen and oxygen atoms in total. The van der Waals surface area contributed by atoms with Gasteiger partial charge in [-0.2, -0.15) is 0 Å². The largest absolute Gasteiger partial charge is 0.372 e. The summed E-state index contributed by atoms with van der Waals surface area (Å²) < 4.78 is 0. The summed E-state index contributed by atoms with van der Waals surface area (Å²) in [6.45, 7) is 0.578. The predicted molar refractivity (Wildman–Crippen MR) is 70.8 cm³/mol. The Labute approximate surface area is 110 Å². The average Bonchev–Trinajstić information content (AvgIpc) is 2.96. The summed E-state index contributed by atoms with van der Waals surface area (Å²) in [5, 5.41) is 13.3. The van der Waals surface area contributed by atoms with Crippen LogP contribution in [0.1, 0.15) is 22.7 Å². The summed E-state index contributed by atoms with van der Waals surface area (Å²) in [5.41, 5.74) is 0.317. The minimum atomic E-state index is -0.213. The molecule has 0 fully saturated rings. The summed E-state index contributed by atoms with van der Waals surface area (Å²) in [5.74, 6) is 1.34. The SMILES string of the molecule is CNc1ccc(C(=O)NCCCc2ncc[nH]2)nn1. The smallest absolute Gasteiger partial charge is 0.271 e. The molecule has 2 rings (SSSR count). The monoisotopic (exact) mass is 260 g/mol. The Morgan fingerprint density at radius 2 is 2.26 bits per heavy atom. The molecule has 3 N–H and O–H groups in total. The molecule has 7 heteroatoms. The molecule has 0 bridgehead atoms. The third kappa shape index (κ3) is 3.77. The number of hydrogen-bond donors (Lipinski definition) is 3. The van der Waals surface area contributed by atoms with E-state index in [-0.39, 0.29) is 5.91 Å². The Morgan fingerprint density at radius 3 is 2.89 bits per heavy atom. The van der Waals surface area contributed by atoms with Crippen molar-refractivity contribution in [2.75, 3.05) is 18.9 Å². The Hall–Kier alpha value is -2.44. The lowest BCUT2D eigenvalue weighted by molar-refractivity contribution is 0.0947. The second-order valence-corrected chi connectivity index (χ2v) is 3.95. The van der Waals surface area contributed by atoms with Crippen LogP contribution in [-0.4, -0.2) is 39.7 Å². The maximum absolute atomic E-state index is 11.7. The molecule has 0 atom stereocenters. The van der Waals surface area contributed by atoms with E-state index in [9.17, 15) is 4.79 Å². The third-order valence-electron chi connectivity index (χ3n) is 2.58. The highest BCUT2D eigenvalue weighted by molar-refractivity contribution is 5.92. The van der Waals surface area contributed by atoms with Gasteiger partial charge in [-0.15, -0.1) is 10.2 Å². The minimum absolute atomic E-state index is 0.213. The van der Waals surface area contributed by atoms with Crippen LogP contribution in [-0.2, 0) is 6.42 Å². The van der Waals surface area contributed by atoms with E-state index < -0.39 is 0 Å².